The van der Waals surface area contributed by atoms with Crippen molar-refractivity contribution < 1.29 is 9.53 Å². The van der Waals surface area contributed by atoms with Crippen LogP contribution in [0.25, 0.3) is 0 Å². The van der Waals surface area contributed by atoms with Gasteiger partial charge in [0.2, 0.25) is 0 Å². The molecule has 0 aliphatic rings. The second-order valence-electron chi connectivity index (χ2n) is 3.08. The zero-order valence-corrected chi connectivity index (χ0v) is 10.3. The number of ether oxygens (including phenoxy) is 1. The number of anilines is 1. The number of carbonyl (C=O) groups is 1. The van der Waals surface area contributed by atoms with Crippen LogP contribution in [0.3, 0.4) is 0 Å². The fraction of sp³-hybridized carbons (Fsp3) is 0.455. The number of hydrogen-bond acceptors (Lipinski definition) is 5. The molecule has 0 bridgehead atoms. The van der Waals surface area contributed by atoms with Gasteiger partial charge in [0, 0.05) is 24.7 Å². The quantitative estimate of drug-likeness (QED) is 0.770. The molecular weight excluding hydrogens is 224 g/mol. The van der Waals surface area contributed by atoms with Crippen LogP contribution in [-0.4, -0.2) is 30.4 Å². The van der Waals surface area contributed by atoms with E-state index in [0.29, 0.717) is 18.1 Å². The largest absolute Gasteiger partial charge is 0.465 e. The number of pyridine rings is 1. The van der Waals surface area contributed by atoms with Gasteiger partial charge in [-0.15, -0.1) is 11.8 Å². The second-order valence-corrected chi connectivity index (χ2v) is 4.07. The lowest BCUT2D eigenvalue weighted by atomic mass is 10.3. The van der Waals surface area contributed by atoms with Crippen molar-refractivity contribution in [3.63, 3.8) is 0 Å². The van der Waals surface area contributed by atoms with Gasteiger partial charge in [-0.05, 0) is 19.1 Å². The molecule has 88 valence electrons. The van der Waals surface area contributed by atoms with Crippen LogP contribution in [0.1, 0.15) is 12.6 Å². The third kappa shape index (κ3) is 4.53. The Morgan fingerprint density at radius 2 is 2.44 bits per heavy atom. The second kappa shape index (κ2) is 7.11. The standard InChI is InChI=1S/C11H16N2O2S/c1-3-15-11(14)8-16-7-10-6-9(12-2)4-5-13-10/h4-6H,3,7-8H2,1-2H3,(H,12,13). The van der Waals surface area contributed by atoms with E-state index in [1.807, 2.05) is 19.2 Å². The van der Waals surface area contributed by atoms with Crippen molar-refractivity contribution in [3.8, 4) is 0 Å². The van der Waals surface area contributed by atoms with Crippen LogP contribution in [0.15, 0.2) is 18.3 Å². The molecule has 0 amide bonds. The van der Waals surface area contributed by atoms with Crippen molar-refractivity contribution in [1.29, 1.82) is 0 Å². The van der Waals surface area contributed by atoms with Crippen LogP contribution >= 0.6 is 11.8 Å². The summed E-state index contributed by atoms with van der Waals surface area (Å²) in [6.45, 7) is 2.24. The van der Waals surface area contributed by atoms with E-state index in [1.165, 1.54) is 11.8 Å². The van der Waals surface area contributed by atoms with Crippen LogP contribution in [0.2, 0.25) is 0 Å². The lowest BCUT2D eigenvalue weighted by molar-refractivity contribution is -0.139. The summed E-state index contributed by atoms with van der Waals surface area (Å²) in [4.78, 5) is 15.3. The summed E-state index contributed by atoms with van der Waals surface area (Å²) in [7, 11) is 1.87. The van der Waals surface area contributed by atoms with Crippen molar-refractivity contribution in [2.24, 2.45) is 0 Å². The first-order valence-corrected chi connectivity index (χ1v) is 6.27. The molecule has 0 unspecified atom stereocenters. The van der Waals surface area contributed by atoms with Gasteiger partial charge in [0.15, 0.2) is 0 Å². The molecule has 1 aromatic heterocycles. The summed E-state index contributed by atoms with van der Waals surface area (Å²) < 4.78 is 4.83. The smallest absolute Gasteiger partial charge is 0.315 e. The highest BCUT2D eigenvalue weighted by molar-refractivity contribution is 7.99. The van der Waals surface area contributed by atoms with Gasteiger partial charge in [-0.1, -0.05) is 0 Å². The van der Waals surface area contributed by atoms with Crippen molar-refractivity contribution in [2.75, 3.05) is 24.7 Å². The average Bonchev–Trinajstić information content (AvgIpc) is 2.30. The fourth-order valence-electron chi connectivity index (χ4n) is 1.15. The van der Waals surface area contributed by atoms with Gasteiger partial charge >= 0.3 is 5.97 Å². The Balaban J connectivity index is 2.34. The van der Waals surface area contributed by atoms with Crippen molar-refractivity contribution >= 4 is 23.4 Å². The minimum absolute atomic E-state index is 0.169. The zero-order valence-electron chi connectivity index (χ0n) is 9.53. The van der Waals surface area contributed by atoms with E-state index >= 15 is 0 Å². The van der Waals surface area contributed by atoms with Gasteiger partial charge in [0.1, 0.15) is 0 Å². The fourth-order valence-corrected chi connectivity index (χ4v) is 1.87. The third-order valence-electron chi connectivity index (χ3n) is 1.88. The zero-order chi connectivity index (χ0) is 11.8. The Hall–Kier alpha value is -1.23. The van der Waals surface area contributed by atoms with Crippen LogP contribution in [-0.2, 0) is 15.3 Å². The highest BCUT2D eigenvalue weighted by atomic mass is 32.2. The SMILES string of the molecule is CCOC(=O)CSCc1cc(NC)ccn1. The molecule has 1 rings (SSSR count). The van der Waals surface area contributed by atoms with E-state index in [9.17, 15) is 4.79 Å². The van der Waals surface area contributed by atoms with Crippen LogP contribution in [0, 0.1) is 0 Å². The summed E-state index contributed by atoms with van der Waals surface area (Å²) >= 11 is 1.51. The molecule has 0 spiro atoms. The number of nitrogens with zero attached hydrogens (tertiary/aromatic N) is 1. The van der Waals surface area contributed by atoms with E-state index in [4.69, 9.17) is 4.74 Å². The molecule has 1 aromatic rings. The maximum Gasteiger partial charge on any atom is 0.315 e. The van der Waals surface area contributed by atoms with Crippen LogP contribution in [0.4, 0.5) is 5.69 Å². The number of nitrogens with one attached hydrogen (secondary N) is 1. The Morgan fingerprint density at radius 3 is 3.12 bits per heavy atom. The first-order valence-electron chi connectivity index (χ1n) is 5.12. The lowest BCUT2D eigenvalue weighted by Gasteiger charge is -2.04. The number of aromatic nitrogens is 1. The highest BCUT2D eigenvalue weighted by Gasteiger charge is 2.02. The minimum atomic E-state index is -0.169. The first kappa shape index (κ1) is 12.8. The molecule has 0 aliphatic carbocycles. The predicted octanol–water partition coefficient (Wildman–Crippen LogP) is 1.92. The van der Waals surface area contributed by atoms with Gasteiger partial charge in [-0.25, -0.2) is 0 Å². The maximum atomic E-state index is 11.1. The van der Waals surface area contributed by atoms with Gasteiger partial charge in [-0.3, -0.25) is 9.78 Å². The van der Waals surface area contributed by atoms with E-state index in [1.54, 1.807) is 13.1 Å². The van der Waals surface area contributed by atoms with E-state index in [0.717, 1.165) is 11.4 Å². The molecule has 16 heavy (non-hydrogen) atoms. The molecule has 1 heterocycles. The molecule has 0 fully saturated rings. The summed E-state index contributed by atoms with van der Waals surface area (Å²) in [5.41, 5.74) is 1.99. The average molecular weight is 240 g/mol. The summed E-state index contributed by atoms with van der Waals surface area (Å²) in [6.07, 6.45) is 1.76. The van der Waals surface area contributed by atoms with E-state index in [-0.39, 0.29) is 5.97 Å². The molecule has 5 heteroatoms. The van der Waals surface area contributed by atoms with Crippen molar-refractivity contribution in [3.05, 3.63) is 24.0 Å². The molecule has 0 atom stereocenters. The number of rotatable bonds is 6. The summed E-state index contributed by atoms with van der Waals surface area (Å²) in [5.74, 6) is 0.922. The number of thioether (sulfide) groups is 1. The number of carbonyl (C=O) groups excluding carboxylic acids is 1. The molecule has 0 saturated carbocycles. The van der Waals surface area contributed by atoms with Gasteiger partial charge in [-0.2, -0.15) is 0 Å². The maximum absolute atomic E-state index is 11.1. The van der Waals surface area contributed by atoms with Crippen LogP contribution < -0.4 is 5.32 Å². The molecule has 0 aliphatic heterocycles. The lowest BCUT2D eigenvalue weighted by Crippen LogP contribution is -2.06. The monoisotopic (exact) mass is 240 g/mol. The van der Waals surface area contributed by atoms with Crippen molar-refractivity contribution in [1.82, 2.24) is 4.98 Å². The molecule has 4 nitrogen and oxygen atoms in total. The Bertz CT molecular complexity index is 345. The van der Waals surface area contributed by atoms with Gasteiger partial charge < -0.3 is 10.1 Å². The molecule has 0 aromatic carbocycles. The number of hydrogen-bond donors (Lipinski definition) is 1. The third-order valence-corrected chi connectivity index (χ3v) is 2.82. The molecular formula is C11H16N2O2S. The summed E-state index contributed by atoms with van der Waals surface area (Å²) in [5, 5.41) is 3.05. The highest BCUT2D eigenvalue weighted by Crippen LogP contribution is 2.13. The van der Waals surface area contributed by atoms with Crippen molar-refractivity contribution in [2.45, 2.75) is 12.7 Å². The Labute approximate surface area is 99.8 Å². The van der Waals surface area contributed by atoms with Crippen LogP contribution in [0.5, 0.6) is 0 Å². The Kier molecular flexibility index (Phi) is 5.71. The van der Waals surface area contributed by atoms with E-state index < -0.39 is 0 Å². The van der Waals surface area contributed by atoms with Gasteiger partial charge in [0.25, 0.3) is 0 Å². The van der Waals surface area contributed by atoms with Gasteiger partial charge in [0.05, 0.1) is 18.1 Å². The molecule has 0 radical (unpaired) electrons. The summed E-state index contributed by atoms with van der Waals surface area (Å²) in [6, 6.07) is 3.87. The minimum Gasteiger partial charge on any atom is -0.465 e. The topological polar surface area (TPSA) is 51.2 Å². The van der Waals surface area contributed by atoms with E-state index in [2.05, 4.69) is 10.3 Å². The predicted molar refractivity (Wildman–Crippen MR) is 66.6 cm³/mol. The number of esters is 1. The first-order chi connectivity index (χ1) is 7.76. The molecule has 0 saturated heterocycles. The molecule has 1 N–H and O–H groups in total. The normalized spacial score (nSPS) is 9.88. The Morgan fingerprint density at radius 1 is 1.62 bits per heavy atom.